The van der Waals surface area contributed by atoms with E-state index in [1.165, 1.54) is 11.2 Å². The fourth-order valence-corrected chi connectivity index (χ4v) is 10.4. The first-order valence-corrected chi connectivity index (χ1v) is 23.9. The van der Waals surface area contributed by atoms with Gasteiger partial charge in [0, 0.05) is 22.3 Å². The van der Waals surface area contributed by atoms with Gasteiger partial charge in [-0.2, -0.15) is 0 Å². The van der Waals surface area contributed by atoms with Crippen LogP contribution < -0.4 is 21.3 Å². The van der Waals surface area contributed by atoms with Crippen molar-refractivity contribution in [1.82, 2.24) is 0 Å². The van der Waals surface area contributed by atoms with E-state index in [4.69, 9.17) is 0 Å². The maximum absolute atomic E-state index is 16.9. The van der Waals surface area contributed by atoms with Crippen molar-refractivity contribution in [3.05, 3.63) is 145 Å². The fourth-order valence-electron chi connectivity index (χ4n) is 10.4. The van der Waals surface area contributed by atoms with E-state index in [1.54, 1.807) is 27.7 Å². The molecule has 0 bridgehead atoms. The molecule has 5 aromatic rings. The highest BCUT2D eigenvalue weighted by Gasteiger charge is 2.51. The van der Waals surface area contributed by atoms with Crippen LogP contribution in [-0.2, 0) is 0 Å². The molecule has 1 aliphatic heterocycles. The highest BCUT2D eigenvalue weighted by molar-refractivity contribution is 7.11. The molecule has 1 heterocycles. The standard InChI is InChI=1S/C54H56BF15N2/c1-22(2)28-16-31(24(5)6)53(32(17-28)25(7)8)71-15-13-14-30(72(21-71)54-33(26(9)10)18-29(23(3)4)19-34(54)27(11)12)20-55(35-38(56)44(62)50(68)45(63)39(35)57,36-40(58)46(64)51(69)47(65)41(36)59)37-42(60)48(66)52(70)49(67)43(37)61/h16-19,21-27,30H,13-15,20H2,1-12H3/t30-/m0/s1. The predicted octanol–water partition coefficient (Wildman–Crippen LogP) is 15.0. The van der Waals surface area contributed by atoms with Crippen LogP contribution in [-0.4, -0.2) is 29.6 Å². The van der Waals surface area contributed by atoms with Crippen molar-refractivity contribution in [2.45, 2.75) is 144 Å². The van der Waals surface area contributed by atoms with Gasteiger partial charge in [-0.25, -0.2) is 75.3 Å². The summed E-state index contributed by atoms with van der Waals surface area (Å²) >= 11 is 0. The Bertz CT molecular complexity index is 2660. The van der Waals surface area contributed by atoms with Crippen LogP contribution in [0.2, 0.25) is 6.32 Å². The molecule has 390 valence electrons. The van der Waals surface area contributed by atoms with Crippen LogP contribution >= 0.6 is 0 Å². The molecule has 0 radical (unpaired) electrons. The van der Waals surface area contributed by atoms with Gasteiger partial charge in [0.25, 0.3) is 0 Å². The smallest absolute Gasteiger partial charge is 0.234 e. The quantitative estimate of drug-likeness (QED) is 0.0374. The minimum atomic E-state index is -5.87. The SMILES string of the molecule is CC(C)c1cc(C(C)C)c(N2C=[N+](c3c(C(C)C)cc(C(C)C)cc3C(C)C)CCC[C@H]2C[B-](c2c(F)c(F)c(F)c(F)c2F)(c2c(F)c(F)c(F)c(F)c2F)c2c(F)c(F)c(F)c(F)c2F)c(C(C)C)c1. The molecule has 0 aliphatic carbocycles. The summed E-state index contributed by atoms with van der Waals surface area (Å²) in [7, 11) is 0. The molecule has 6 rings (SSSR count). The molecule has 0 unspecified atom stereocenters. The average molecular weight is 1030 g/mol. The van der Waals surface area contributed by atoms with Crippen LogP contribution in [0, 0.1) is 87.3 Å². The van der Waals surface area contributed by atoms with Gasteiger partial charge in [0.05, 0.1) is 12.6 Å². The summed E-state index contributed by atoms with van der Waals surface area (Å²) in [6.45, 7) is 22.8. The molecular weight excluding hydrogens is 972 g/mol. The fraction of sp³-hybridized carbons (Fsp3) is 0.426. The van der Waals surface area contributed by atoms with E-state index in [0.29, 0.717) is 16.8 Å². The Kier molecular flexibility index (Phi) is 16.2. The van der Waals surface area contributed by atoms with Crippen LogP contribution in [0.15, 0.2) is 24.3 Å². The summed E-state index contributed by atoms with van der Waals surface area (Å²) in [5, 5.41) is 0. The van der Waals surface area contributed by atoms with E-state index in [1.807, 2.05) is 84.2 Å². The molecule has 0 saturated heterocycles. The van der Waals surface area contributed by atoms with Crippen LogP contribution in [0.5, 0.6) is 0 Å². The molecule has 0 N–H and O–H groups in total. The molecule has 1 aliphatic rings. The summed E-state index contributed by atoms with van der Waals surface area (Å²) in [5.74, 6) is -46.3. The maximum Gasteiger partial charge on any atom is 0.244 e. The highest BCUT2D eigenvalue weighted by atomic mass is 19.2. The zero-order chi connectivity index (χ0) is 54.1. The zero-order valence-electron chi connectivity index (χ0n) is 41.9. The van der Waals surface area contributed by atoms with Crippen molar-refractivity contribution in [3.8, 4) is 0 Å². The summed E-state index contributed by atoms with van der Waals surface area (Å²) in [6, 6.07) is 5.83. The van der Waals surface area contributed by atoms with E-state index >= 15 is 65.9 Å². The van der Waals surface area contributed by atoms with E-state index in [9.17, 15) is 0 Å². The topological polar surface area (TPSA) is 6.25 Å². The maximum atomic E-state index is 16.9. The van der Waals surface area contributed by atoms with Gasteiger partial charge in [-0.05, 0) is 59.5 Å². The Hall–Kier alpha value is -5.42. The molecule has 0 aromatic heterocycles. The largest absolute Gasteiger partial charge is 0.244 e. The van der Waals surface area contributed by atoms with Gasteiger partial charge >= 0.3 is 0 Å². The van der Waals surface area contributed by atoms with Gasteiger partial charge in [-0.3, -0.25) is 0 Å². The first kappa shape index (κ1) is 55.9. The zero-order valence-corrected chi connectivity index (χ0v) is 41.9. The van der Waals surface area contributed by atoms with Crippen LogP contribution in [0.1, 0.15) is 165 Å². The van der Waals surface area contributed by atoms with Gasteiger partial charge in [-0.15, -0.1) is 22.7 Å². The van der Waals surface area contributed by atoms with Crippen LogP contribution in [0.25, 0.3) is 0 Å². The van der Waals surface area contributed by atoms with Crippen molar-refractivity contribution in [2.24, 2.45) is 0 Å². The van der Waals surface area contributed by atoms with Gasteiger partial charge in [0.15, 0.2) is 52.4 Å². The first-order valence-electron chi connectivity index (χ1n) is 23.9. The van der Waals surface area contributed by atoms with Gasteiger partial charge in [0.1, 0.15) is 52.4 Å². The number of rotatable bonds is 13. The lowest BCUT2D eigenvalue weighted by molar-refractivity contribution is -0.437. The number of benzene rings is 5. The number of hydrogen-bond acceptors (Lipinski definition) is 1. The van der Waals surface area contributed by atoms with Crippen molar-refractivity contribution >= 4 is 40.2 Å². The molecule has 1 atom stereocenters. The molecule has 2 nitrogen and oxygen atoms in total. The van der Waals surface area contributed by atoms with Crippen molar-refractivity contribution < 1.29 is 70.4 Å². The Morgan fingerprint density at radius 3 is 0.972 bits per heavy atom. The monoisotopic (exact) mass is 1030 g/mol. The van der Waals surface area contributed by atoms with E-state index < -0.39 is 140 Å². The number of anilines is 1. The van der Waals surface area contributed by atoms with E-state index in [2.05, 4.69) is 0 Å². The molecule has 0 fully saturated rings. The molecule has 18 heteroatoms. The Morgan fingerprint density at radius 2 is 0.694 bits per heavy atom. The van der Waals surface area contributed by atoms with Gasteiger partial charge in [0.2, 0.25) is 6.34 Å². The Morgan fingerprint density at radius 1 is 0.417 bits per heavy atom. The molecule has 72 heavy (non-hydrogen) atoms. The first-order chi connectivity index (χ1) is 33.4. The van der Waals surface area contributed by atoms with Gasteiger partial charge < -0.3 is 0 Å². The molecule has 0 spiro atoms. The van der Waals surface area contributed by atoms with Crippen LogP contribution in [0.3, 0.4) is 0 Å². The average Bonchev–Trinajstić information content (AvgIpc) is 3.53. The summed E-state index contributed by atoms with van der Waals surface area (Å²) in [5.41, 5.74) is -2.42. The lowest BCUT2D eigenvalue weighted by Crippen LogP contribution is -2.74. The van der Waals surface area contributed by atoms with Gasteiger partial charge in [-0.1, -0.05) is 107 Å². The molecule has 5 aromatic carbocycles. The molecule has 0 amide bonds. The Balaban J connectivity index is 1.96. The van der Waals surface area contributed by atoms with E-state index in [0.717, 1.165) is 22.3 Å². The molecular formula is C54H56BF15N2. The number of hydrogen-bond donors (Lipinski definition) is 0. The highest BCUT2D eigenvalue weighted by Crippen LogP contribution is 2.44. The predicted molar refractivity (Wildman–Crippen MR) is 252 cm³/mol. The minimum absolute atomic E-state index is 0.0269. The minimum Gasteiger partial charge on any atom is -0.234 e. The van der Waals surface area contributed by atoms with Crippen molar-refractivity contribution in [3.63, 3.8) is 0 Å². The summed E-state index contributed by atoms with van der Waals surface area (Å²) < 4.78 is 243. The van der Waals surface area contributed by atoms with Crippen molar-refractivity contribution in [2.75, 3.05) is 11.4 Å². The van der Waals surface area contributed by atoms with E-state index in [-0.39, 0.29) is 42.3 Å². The van der Waals surface area contributed by atoms with Crippen LogP contribution in [0.4, 0.5) is 77.2 Å². The second-order valence-corrected chi connectivity index (χ2v) is 20.8. The normalized spacial score (nSPS) is 14.9. The van der Waals surface area contributed by atoms with Crippen molar-refractivity contribution in [1.29, 1.82) is 0 Å². The third kappa shape index (κ3) is 9.30. The lowest BCUT2D eigenvalue weighted by atomic mass is 9.13. The summed E-state index contributed by atoms with van der Waals surface area (Å²) in [6.07, 6.45) is -6.70. The lowest BCUT2D eigenvalue weighted by Gasteiger charge is -2.46. The third-order valence-electron chi connectivity index (χ3n) is 14.2. The summed E-state index contributed by atoms with van der Waals surface area (Å²) in [4.78, 5) is 1.41. The second kappa shape index (κ2) is 20.8. The molecule has 0 saturated carbocycles. The Labute approximate surface area is 409 Å². The number of nitrogens with zero attached hydrogens (tertiary/aromatic N) is 2. The second-order valence-electron chi connectivity index (χ2n) is 20.8. The number of halogens is 15. The third-order valence-corrected chi connectivity index (χ3v) is 14.2.